The van der Waals surface area contributed by atoms with Crippen LogP contribution in [0.25, 0.3) is 0 Å². The van der Waals surface area contributed by atoms with Gasteiger partial charge >= 0.3 is 0 Å². The molecule has 1 N–H and O–H groups in total. The molecule has 4 rings (SSSR count). The third kappa shape index (κ3) is 2.28. The van der Waals surface area contributed by atoms with Crippen LogP contribution in [0.3, 0.4) is 0 Å². The first-order chi connectivity index (χ1) is 11.5. The second kappa shape index (κ2) is 5.49. The van der Waals surface area contributed by atoms with Gasteiger partial charge in [-0.1, -0.05) is 32.0 Å². The van der Waals surface area contributed by atoms with Crippen LogP contribution in [0.15, 0.2) is 42.5 Å². The Balaban J connectivity index is 1.81. The van der Waals surface area contributed by atoms with Crippen LogP contribution >= 0.6 is 0 Å². The van der Waals surface area contributed by atoms with Gasteiger partial charge in [0.25, 0.3) is 0 Å². The monoisotopic (exact) mass is 326 g/mol. The Morgan fingerprint density at radius 1 is 1.25 bits per heavy atom. The standard InChI is InChI=1S/C20H23FN2O/c1-20(2)12-23(16-9-8-13(21)10-15(16)20)19-14-6-4-5-7-17(14)24-18(19)11-22-3/h4-10,18-19,22H,11-12H2,1-3H3/t18-,19+/m1/s1. The van der Waals surface area contributed by atoms with Gasteiger partial charge in [0, 0.05) is 29.8 Å². The molecule has 0 saturated carbocycles. The number of likely N-dealkylation sites (N-methyl/N-ethyl adjacent to an activating group) is 1. The molecule has 0 unspecified atom stereocenters. The van der Waals surface area contributed by atoms with E-state index in [4.69, 9.17) is 4.74 Å². The second-order valence-corrected chi connectivity index (χ2v) is 7.37. The first-order valence-electron chi connectivity index (χ1n) is 8.48. The van der Waals surface area contributed by atoms with Gasteiger partial charge in [0.1, 0.15) is 17.7 Å². The molecule has 2 aliphatic rings. The highest BCUT2D eigenvalue weighted by molar-refractivity contribution is 5.65. The average molecular weight is 326 g/mol. The second-order valence-electron chi connectivity index (χ2n) is 7.37. The summed E-state index contributed by atoms with van der Waals surface area (Å²) < 4.78 is 20.0. The van der Waals surface area contributed by atoms with Crippen LogP contribution in [0.2, 0.25) is 0 Å². The minimum atomic E-state index is -0.168. The van der Waals surface area contributed by atoms with Gasteiger partial charge < -0.3 is 15.0 Å². The van der Waals surface area contributed by atoms with Crippen molar-refractivity contribution < 1.29 is 9.13 Å². The van der Waals surface area contributed by atoms with Crippen LogP contribution < -0.4 is 15.0 Å². The van der Waals surface area contributed by atoms with Gasteiger partial charge in [-0.15, -0.1) is 0 Å². The molecule has 0 aliphatic carbocycles. The van der Waals surface area contributed by atoms with Gasteiger partial charge in [-0.05, 0) is 36.9 Å². The number of rotatable bonds is 3. The van der Waals surface area contributed by atoms with Crippen molar-refractivity contribution >= 4 is 5.69 Å². The Hall–Kier alpha value is -2.07. The maximum atomic E-state index is 13.8. The fourth-order valence-electron chi connectivity index (χ4n) is 4.13. The summed E-state index contributed by atoms with van der Waals surface area (Å²) in [5.74, 6) is 0.787. The molecular weight excluding hydrogens is 303 g/mol. The number of benzene rings is 2. The fourth-order valence-corrected chi connectivity index (χ4v) is 4.13. The van der Waals surface area contributed by atoms with E-state index in [0.29, 0.717) is 0 Å². The van der Waals surface area contributed by atoms with Gasteiger partial charge in [0.15, 0.2) is 0 Å². The summed E-state index contributed by atoms with van der Waals surface area (Å²) in [6, 6.07) is 13.5. The van der Waals surface area contributed by atoms with Crippen molar-refractivity contribution in [3.63, 3.8) is 0 Å². The summed E-state index contributed by atoms with van der Waals surface area (Å²) in [5.41, 5.74) is 3.33. The zero-order chi connectivity index (χ0) is 16.9. The number of hydrogen-bond donors (Lipinski definition) is 1. The maximum Gasteiger partial charge on any atom is 0.136 e. The van der Waals surface area contributed by atoms with Crippen molar-refractivity contribution in [2.24, 2.45) is 0 Å². The van der Waals surface area contributed by atoms with E-state index in [9.17, 15) is 4.39 Å². The van der Waals surface area contributed by atoms with Gasteiger partial charge in [-0.25, -0.2) is 4.39 Å². The summed E-state index contributed by atoms with van der Waals surface area (Å²) in [5, 5.41) is 3.24. The Labute approximate surface area is 142 Å². The third-order valence-corrected chi connectivity index (χ3v) is 5.17. The van der Waals surface area contributed by atoms with Crippen LogP contribution in [0.4, 0.5) is 10.1 Å². The quantitative estimate of drug-likeness (QED) is 0.932. The Morgan fingerprint density at radius 3 is 2.83 bits per heavy atom. The molecule has 2 atom stereocenters. The maximum absolute atomic E-state index is 13.8. The number of ether oxygens (including phenoxy) is 1. The molecule has 0 bridgehead atoms. The molecule has 0 fully saturated rings. The lowest BCUT2D eigenvalue weighted by Crippen LogP contribution is -2.41. The predicted octanol–water partition coefficient (Wildman–Crippen LogP) is 3.65. The molecule has 0 radical (unpaired) electrons. The lowest BCUT2D eigenvalue weighted by Gasteiger charge is -2.32. The van der Waals surface area contributed by atoms with E-state index in [1.54, 1.807) is 12.1 Å². The molecule has 3 nitrogen and oxygen atoms in total. The highest BCUT2D eigenvalue weighted by Crippen LogP contribution is 2.49. The number of nitrogens with zero attached hydrogens (tertiary/aromatic N) is 1. The third-order valence-electron chi connectivity index (χ3n) is 5.17. The number of fused-ring (bicyclic) bond motifs is 2. The van der Waals surface area contributed by atoms with Crippen molar-refractivity contribution in [1.29, 1.82) is 0 Å². The molecule has 2 aliphatic heterocycles. The van der Waals surface area contributed by atoms with Crippen LogP contribution in [0.5, 0.6) is 5.75 Å². The molecule has 0 saturated heterocycles. The summed E-state index contributed by atoms with van der Waals surface area (Å²) in [6.07, 6.45) is 0.0409. The van der Waals surface area contributed by atoms with Gasteiger partial charge in [0.05, 0.1) is 6.04 Å². The summed E-state index contributed by atoms with van der Waals surface area (Å²) >= 11 is 0. The smallest absolute Gasteiger partial charge is 0.136 e. The van der Waals surface area contributed by atoms with E-state index >= 15 is 0 Å². The van der Waals surface area contributed by atoms with Crippen molar-refractivity contribution in [2.45, 2.75) is 31.4 Å². The molecule has 2 aromatic carbocycles. The topological polar surface area (TPSA) is 24.5 Å². The molecule has 126 valence electrons. The van der Waals surface area contributed by atoms with E-state index in [0.717, 1.165) is 30.1 Å². The number of nitrogens with one attached hydrogen (secondary N) is 1. The molecule has 0 aromatic heterocycles. The molecule has 24 heavy (non-hydrogen) atoms. The van der Waals surface area contributed by atoms with E-state index in [2.05, 4.69) is 36.2 Å². The zero-order valence-corrected chi connectivity index (χ0v) is 14.3. The predicted molar refractivity (Wildman–Crippen MR) is 94.3 cm³/mol. The Morgan fingerprint density at radius 2 is 2.04 bits per heavy atom. The summed E-state index contributed by atoms with van der Waals surface area (Å²) in [6.45, 7) is 5.99. The van der Waals surface area contributed by atoms with E-state index < -0.39 is 0 Å². The Kier molecular flexibility index (Phi) is 3.53. The van der Waals surface area contributed by atoms with E-state index in [-0.39, 0.29) is 23.4 Å². The lowest BCUT2D eigenvalue weighted by molar-refractivity contribution is 0.200. The number of hydrogen-bond acceptors (Lipinski definition) is 3. The molecule has 4 heteroatoms. The van der Waals surface area contributed by atoms with Crippen molar-refractivity contribution in [3.8, 4) is 5.75 Å². The van der Waals surface area contributed by atoms with Gasteiger partial charge in [0.2, 0.25) is 0 Å². The van der Waals surface area contributed by atoms with Crippen LogP contribution in [-0.2, 0) is 5.41 Å². The van der Waals surface area contributed by atoms with Crippen molar-refractivity contribution in [2.75, 3.05) is 25.0 Å². The molecular formula is C20H23FN2O. The largest absolute Gasteiger partial charge is 0.486 e. The first kappa shape index (κ1) is 15.5. The minimum Gasteiger partial charge on any atom is -0.486 e. The van der Waals surface area contributed by atoms with Crippen LogP contribution in [-0.4, -0.2) is 26.2 Å². The van der Waals surface area contributed by atoms with Crippen molar-refractivity contribution in [3.05, 3.63) is 59.4 Å². The highest BCUT2D eigenvalue weighted by Gasteiger charge is 2.45. The van der Waals surface area contributed by atoms with Crippen LogP contribution in [0.1, 0.15) is 31.0 Å². The SMILES string of the molecule is CNC[C@H]1Oc2ccccc2[C@@H]1N1CC(C)(C)c2cc(F)ccc21. The number of para-hydroxylation sites is 1. The summed E-state index contributed by atoms with van der Waals surface area (Å²) in [4.78, 5) is 2.39. The fraction of sp³-hybridized carbons (Fsp3) is 0.400. The minimum absolute atomic E-state index is 0.0409. The highest BCUT2D eigenvalue weighted by atomic mass is 19.1. The normalized spacial score (nSPS) is 23.8. The van der Waals surface area contributed by atoms with Gasteiger partial charge in [-0.2, -0.15) is 0 Å². The average Bonchev–Trinajstić information content (AvgIpc) is 3.02. The van der Waals surface area contributed by atoms with Crippen molar-refractivity contribution in [1.82, 2.24) is 5.32 Å². The van der Waals surface area contributed by atoms with E-state index in [1.165, 1.54) is 5.56 Å². The Bertz CT molecular complexity index is 774. The molecule has 0 spiro atoms. The lowest BCUT2D eigenvalue weighted by atomic mass is 9.87. The first-order valence-corrected chi connectivity index (χ1v) is 8.48. The van der Waals surface area contributed by atoms with Gasteiger partial charge in [-0.3, -0.25) is 0 Å². The molecule has 2 heterocycles. The molecule has 0 amide bonds. The summed E-state index contributed by atoms with van der Waals surface area (Å²) in [7, 11) is 1.95. The number of halogens is 1. The zero-order valence-electron chi connectivity index (χ0n) is 14.3. The molecule has 2 aromatic rings. The van der Waals surface area contributed by atoms with Crippen LogP contribution in [0, 0.1) is 5.82 Å². The van der Waals surface area contributed by atoms with E-state index in [1.807, 2.05) is 25.2 Å². The number of anilines is 1.